The lowest BCUT2D eigenvalue weighted by Crippen LogP contribution is -2.45. The molecule has 1 aromatic heterocycles. The molecule has 1 heterocycles. The van der Waals surface area contributed by atoms with E-state index in [0.29, 0.717) is 18.8 Å². The summed E-state index contributed by atoms with van der Waals surface area (Å²) in [5.41, 5.74) is 6.97. The zero-order valence-electron chi connectivity index (χ0n) is 13.5. The largest absolute Gasteiger partial charge is 0.443 e. The Hall–Kier alpha value is -1.85. The van der Waals surface area contributed by atoms with E-state index < -0.39 is 5.41 Å². The van der Waals surface area contributed by atoms with Crippen LogP contribution in [0.4, 0.5) is 0 Å². The second-order valence-corrected chi connectivity index (χ2v) is 5.37. The fraction of sp³-hybridized carbons (Fsp3) is 0.412. The van der Waals surface area contributed by atoms with Crippen LogP contribution in [0.25, 0.3) is 11.3 Å². The van der Waals surface area contributed by atoms with Gasteiger partial charge in [-0.3, -0.25) is 4.79 Å². The van der Waals surface area contributed by atoms with Crippen LogP contribution in [0.3, 0.4) is 0 Å². The number of amides is 1. The molecule has 0 atom stereocenters. The molecule has 0 fully saturated rings. The van der Waals surface area contributed by atoms with E-state index in [4.69, 9.17) is 10.2 Å². The number of rotatable bonds is 7. The minimum absolute atomic E-state index is 0. The summed E-state index contributed by atoms with van der Waals surface area (Å²) in [6.07, 6.45) is 2.84. The molecule has 0 aliphatic heterocycles. The van der Waals surface area contributed by atoms with E-state index in [1.807, 2.05) is 44.2 Å². The number of nitrogens with two attached hydrogens (primary N) is 1. The van der Waals surface area contributed by atoms with Crippen LogP contribution in [-0.4, -0.2) is 17.4 Å². The fourth-order valence-electron chi connectivity index (χ4n) is 2.52. The molecule has 3 N–H and O–H groups in total. The Morgan fingerprint density at radius 2 is 1.91 bits per heavy atom. The first-order valence-electron chi connectivity index (χ1n) is 7.63. The molecule has 2 aromatic rings. The maximum Gasteiger partial charge on any atom is 0.227 e. The topological polar surface area (TPSA) is 81.2 Å². The lowest BCUT2D eigenvalue weighted by Gasteiger charge is -2.28. The van der Waals surface area contributed by atoms with Gasteiger partial charge in [-0.25, -0.2) is 4.98 Å². The molecule has 5 nitrogen and oxygen atoms in total. The van der Waals surface area contributed by atoms with Gasteiger partial charge < -0.3 is 15.5 Å². The number of hydrogen-bond donors (Lipinski definition) is 2. The number of benzene rings is 1. The quantitative estimate of drug-likeness (QED) is 0.813. The lowest BCUT2D eigenvalue weighted by molar-refractivity contribution is -0.131. The highest BCUT2D eigenvalue weighted by atomic mass is 35.5. The number of carbonyl (C=O) groups is 1. The van der Waals surface area contributed by atoms with E-state index >= 15 is 0 Å². The number of nitrogens with one attached hydrogen (secondary N) is 1. The van der Waals surface area contributed by atoms with Gasteiger partial charge in [0.1, 0.15) is 5.69 Å². The van der Waals surface area contributed by atoms with Gasteiger partial charge >= 0.3 is 0 Å². The van der Waals surface area contributed by atoms with Gasteiger partial charge in [-0.15, -0.1) is 12.4 Å². The van der Waals surface area contributed by atoms with Crippen molar-refractivity contribution in [3.05, 3.63) is 42.4 Å². The molecule has 0 unspecified atom stereocenters. The number of nitrogens with zero attached hydrogens (tertiary/aromatic N) is 1. The van der Waals surface area contributed by atoms with Crippen LogP contribution in [0.2, 0.25) is 0 Å². The predicted molar refractivity (Wildman–Crippen MR) is 93.1 cm³/mol. The summed E-state index contributed by atoms with van der Waals surface area (Å²) in [7, 11) is 0. The van der Waals surface area contributed by atoms with Crippen LogP contribution in [0, 0.1) is 5.41 Å². The number of aromatic nitrogens is 1. The van der Waals surface area contributed by atoms with Gasteiger partial charge in [0.2, 0.25) is 5.91 Å². The maximum atomic E-state index is 12.5. The highest BCUT2D eigenvalue weighted by Gasteiger charge is 2.33. The first kappa shape index (κ1) is 19.2. The summed E-state index contributed by atoms with van der Waals surface area (Å²) >= 11 is 0. The van der Waals surface area contributed by atoms with Crippen LogP contribution in [0.5, 0.6) is 0 Å². The molecule has 23 heavy (non-hydrogen) atoms. The van der Waals surface area contributed by atoms with Crippen LogP contribution < -0.4 is 11.1 Å². The van der Waals surface area contributed by atoms with Gasteiger partial charge in [0.05, 0.1) is 12.0 Å². The third-order valence-electron chi connectivity index (χ3n) is 4.32. The molecule has 0 saturated heterocycles. The van der Waals surface area contributed by atoms with Crippen molar-refractivity contribution in [2.45, 2.75) is 33.2 Å². The molecular weight excluding hydrogens is 314 g/mol. The SMILES string of the molecule is CCC(CC)(CN)C(=O)NCc1ncoc1-c1ccccc1.Cl. The van der Waals surface area contributed by atoms with Crippen molar-refractivity contribution in [2.24, 2.45) is 11.1 Å². The average molecular weight is 338 g/mol. The lowest BCUT2D eigenvalue weighted by atomic mass is 9.81. The van der Waals surface area contributed by atoms with Crippen LogP contribution in [0.15, 0.2) is 41.1 Å². The van der Waals surface area contributed by atoms with E-state index in [-0.39, 0.29) is 18.3 Å². The first-order chi connectivity index (χ1) is 10.7. The molecule has 6 heteroatoms. The molecule has 0 radical (unpaired) electrons. The molecule has 2 rings (SSSR count). The zero-order valence-corrected chi connectivity index (χ0v) is 14.4. The Bertz CT molecular complexity index is 601. The van der Waals surface area contributed by atoms with E-state index in [0.717, 1.165) is 24.1 Å². The summed E-state index contributed by atoms with van der Waals surface area (Å²) < 4.78 is 5.46. The van der Waals surface area contributed by atoms with Crippen molar-refractivity contribution in [2.75, 3.05) is 6.54 Å². The van der Waals surface area contributed by atoms with E-state index in [2.05, 4.69) is 10.3 Å². The van der Waals surface area contributed by atoms with Crippen molar-refractivity contribution < 1.29 is 9.21 Å². The van der Waals surface area contributed by atoms with Gasteiger partial charge in [-0.2, -0.15) is 0 Å². The third kappa shape index (κ3) is 4.12. The molecule has 0 spiro atoms. The van der Waals surface area contributed by atoms with Crippen molar-refractivity contribution in [1.29, 1.82) is 0 Å². The van der Waals surface area contributed by atoms with Crippen LogP contribution in [-0.2, 0) is 11.3 Å². The van der Waals surface area contributed by atoms with Gasteiger partial charge in [-0.1, -0.05) is 44.2 Å². The molecule has 0 aliphatic rings. The van der Waals surface area contributed by atoms with Gasteiger partial charge in [-0.05, 0) is 12.8 Å². The normalized spacial score (nSPS) is 10.9. The molecular formula is C17H24ClN3O2. The predicted octanol–water partition coefficient (Wildman–Crippen LogP) is 3.14. The number of hydrogen-bond acceptors (Lipinski definition) is 4. The van der Waals surface area contributed by atoms with Crippen LogP contribution >= 0.6 is 12.4 Å². The fourth-order valence-corrected chi connectivity index (χ4v) is 2.52. The summed E-state index contributed by atoms with van der Waals surface area (Å²) in [5.74, 6) is 0.661. The summed E-state index contributed by atoms with van der Waals surface area (Å²) in [5, 5.41) is 2.95. The second kappa shape index (κ2) is 8.70. The number of halogens is 1. The Labute approximate surface area is 143 Å². The summed E-state index contributed by atoms with van der Waals surface area (Å²) in [4.78, 5) is 16.7. The molecule has 0 aliphatic carbocycles. The Balaban J connectivity index is 0.00000264. The summed E-state index contributed by atoms with van der Waals surface area (Å²) in [6.45, 7) is 4.65. The standard InChI is InChI=1S/C17H23N3O2.ClH/c1-3-17(4-2,11-18)16(21)19-10-14-15(22-12-20-14)13-8-6-5-7-9-13;/h5-9,12H,3-4,10-11,18H2,1-2H3,(H,19,21);1H. The summed E-state index contributed by atoms with van der Waals surface area (Å²) in [6, 6.07) is 9.73. The Morgan fingerprint density at radius 3 is 2.48 bits per heavy atom. The van der Waals surface area contributed by atoms with Crippen molar-refractivity contribution >= 4 is 18.3 Å². The number of oxazole rings is 1. The molecule has 126 valence electrons. The highest BCUT2D eigenvalue weighted by Crippen LogP contribution is 2.26. The molecule has 1 aromatic carbocycles. The Morgan fingerprint density at radius 1 is 1.26 bits per heavy atom. The van der Waals surface area contributed by atoms with Crippen molar-refractivity contribution in [3.8, 4) is 11.3 Å². The maximum absolute atomic E-state index is 12.5. The monoisotopic (exact) mass is 337 g/mol. The molecule has 0 bridgehead atoms. The van der Waals surface area contributed by atoms with E-state index in [1.165, 1.54) is 6.39 Å². The van der Waals surface area contributed by atoms with Gasteiger partial charge in [0.25, 0.3) is 0 Å². The van der Waals surface area contributed by atoms with Gasteiger partial charge in [0.15, 0.2) is 12.2 Å². The first-order valence-corrected chi connectivity index (χ1v) is 7.63. The molecule has 1 amide bonds. The zero-order chi connectivity index (χ0) is 16.0. The molecule has 0 saturated carbocycles. The average Bonchev–Trinajstić information content (AvgIpc) is 3.04. The van der Waals surface area contributed by atoms with E-state index in [1.54, 1.807) is 0 Å². The third-order valence-corrected chi connectivity index (χ3v) is 4.32. The minimum atomic E-state index is -0.503. The van der Waals surface area contributed by atoms with Gasteiger partial charge in [0, 0.05) is 12.1 Å². The smallest absolute Gasteiger partial charge is 0.227 e. The highest BCUT2D eigenvalue weighted by molar-refractivity contribution is 5.85. The van der Waals surface area contributed by atoms with Crippen LogP contribution in [0.1, 0.15) is 32.4 Å². The number of carbonyl (C=O) groups excluding carboxylic acids is 1. The Kier molecular flexibility index (Phi) is 7.26. The van der Waals surface area contributed by atoms with Crippen molar-refractivity contribution in [1.82, 2.24) is 10.3 Å². The minimum Gasteiger partial charge on any atom is -0.443 e. The van der Waals surface area contributed by atoms with Crippen molar-refractivity contribution in [3.63, 3.8) is 0 Å². The van der Waals surface area contributed by atoms with E-state index in [9.17, 15) is 4.79 Å². The second-order valence-electron chi connectivity index (χ2n) is 5.37.